The van der Waals surface area contributed by atoms with E-state index >= 15 is 0 Å². The van der Waals surface area contributed by atoms with Gasteiger partial charge in [0.2, 0.25) is 0 Å². The van der Waals surface area contributed by atoms with Crippen molar-refractivity contribution in [3.63, 3.8) is 0 Å². The number of aryl methyl sites for hydroxylation is 1. The molecule has 2 rings (SSSR count). The monoisotopic (exact) mass is 264 g/mol. The second-order valence-electron chi connectivity index (χ2n) is 4.14. The molecule has 0 radical (unpaired) electrons. The van der Waals surface area contributed by atoms with Crippen LogP contribution in [0.4, 0.5) is 13.2 Å². The fourth-order valence-corrected chi connectivity index (χ4v) is 1.94. The largest absolute Gasteiger partial charge is 0.416 e. The van der Waals surface area contributed by atoms with Crippen molar-refractivity contribution in [1.29, 1.82) is 5.26 Å². The first-order valence-electron chi connectivity index (χ1n) is 5.74. The number of nitrogens with one attached hydrogen (secondary N) is 1. The summed E-state index contributed by atoms with van der Waals surface area (Å²) < 4.78 is 38.2. The van der Waals surface area contributed by atoms with Crippen LogP contribution in [0.5, 0.6) is 0 Å². The predicted molar refractivity (Wildman–Crippen MR) is 65.3 cm³/mol. The molecule has 0 aliphatic carbocycles. The van der Waals surface area contributed by atoms with Crippen molar-refractivity contribution < 1.29 is 13.2 Å². The summed E-state index contributed by atoms with van der Waals surface area (Å²) in [5, 5.41) is 8.75. The molecule has 1 aromatic carbocycles. The number of nitriles is 1. The lowest BCUT2D eigenvalue weighted by Gasteiger charge is -2.11. The maximum Gasteiger partial charge on any atom is 0.416 e. The Morgan fingerprint density at radius 3 is 2.53 bits per heavy atom. The normalized spacial score (nSPS) is 11.3. The Morgan fingerprint density at radius 1 is 1.26 bits per heavy atom. The van der Waals surface area contributed by atoms with E-state index in [1.54, 1.807) is 12.3 Å². The van der Waals surface area contributed by atoms with Gasteiger partial charge in [-0.2, -0.15) is 18.4 Å². The van der Waals surface area contributed by atoms with E-state index in [-0.39, 0.29) is 0 Å². The Labute approximate surface area is 108 Å². The topological polar surface area (TPSA) is 39.6 Å². The highest BCUT2D eigenvalue weighted by Gasteiger charge is 2.31. The predicted octanol–water partition coefficient (Wildman–Crippen LogP) is 4.13. The third-order valence-corrected chi connectivity index (χ3v) is 2.93. The molecule has 1 aromatic heterocycles. The molecule has 0 atom stereocenters. The third kappa shape index (κ3) is 2.63. The fraction of sp³-hybridized carbons (Fsp3) is 0.214. The van der Waals surface area contributed by atoms with Crippen molar-refractivity contribution in [2.75, 3.05) is 0 Å². The van der Waals surface area contributed by atoms with Crippen molar-refractivity contribution in [2.24, 2.45) is 0 Å². The van der Waals surface area contributed by atoms with Gasteiger partial charge in [0.05, 0.1) is 5.56 Å². The Hall–Kier alpha value is -2.22. The number of hydrogen-bond acceptors (Lipinski definition) is 1. The van der Waals surface area contributed by atoms with E-state index in [1.165, 1.54) is 6.07 Å². The van der Waals surface area contributed by atoms with Gasteiger partial charge in [-0.25, -0.2) is 0 Å². The highest BCUT2D eigenvalue weighted by molar-refractivity contribution is 5.69. The van der Waals surface area contributed by atoms with Gasteiger partial charge in [0.15, 0.2) is 0 Å². The number of hydrogen-bond donors (Lipinski definition) is 1. The molecular formula is C14H11F3N2. The molecular weight excluding hydrogens is 253 g/mol. The summed E-state index contributed by atoms with van der Waals surface area (Å²) in [4.78, 5) is 2.72. The molecule has 0 unspecified atom stereocenters. The van der Waals surface area contributed by atoms with E-state index in [1.807, 2.05) is 13.0 Å². The molecule has 2 nitrogen and oxygen atoms in total. The van der Waals surface area contributed by atoms with Crippen LogP contribution < -0.4 is 0 Å². The number of alkyl halides is 3. The summed E-state index contributed by atoms with van der Waals surface area (Å²) in [6.45, 7) is 1.88. The molecule has 0 amide bonds. The van der Waals surface area contributed by atoms with E-state index in [9.17, 15) is 13.2 Å². The summed E-state index contributed by atoms with van der Waals surface area (Å²) in [5.41, 5.74) is 1.57. The maximum absolute atomic E-state index is 12.7. The van der Waals surface area contributed by atoms with Crippen LogP contribution in [-0.2, 0) is 12.6 Å². The Balaban J connectivity index is 2.57. The average molecular weight is 264 g/mol. The highest BCUT2D eigenvalue weighted by Crippen LogP contribution is 2.34. The van der Waals surface area contributed by atoms with Crippen LogP contribution in [0.15, 0.2) is 30.5 Å². The highest BCUT2D eigenvalue weighted by atomic mass is 19.4. The minimum atomic E-state index is -4.37. The number of aromatic nitrogens is 1. The van der Waals surface area contributed by atoms with Gasteiger partial charge in [-0.05, 0) is 35.7 Å². The van der Waals surface area contributed by atoms with Gasteiger partial charge in [0, 0.05) is 11.8 Å². The molecule has 0 spiro atoms. The zero-order valence-electron chi connectivity index (χ0n) is 10.2. The summed E-state index contributed by atoms with van der Waals surface area (Å²) in [6.07, 6.45) is -2.19. The second kappa shape index (κ2) is 4.81. The lowest BCUT2D eigenvalue weighted by molar-refractivity contribution is -0.137. The molecule has 5 heteroatoms. The average Bonchev–Trinajstić information content (AvgIpc) is 2.85. The minimum absolute atomic E-state index is 0.328. The Bertz CT molecular complexity index is 633. The molecule has 98 valence electrons. The summed E-state index contributed by atoms with van der Waals surface area (Å²) >= 11 is 0. The van der Waals surface area contributed by atoms with Crippen LogP contribution >= 0.6 is 0 Å². The molecule has 19 heavy (non-hydrogen) atoms. The lowest BCUT2D eigenvalue weighted by atomic mass is 9.97. The third-order valence-electron chi connectivity index (χ3n) is 2.93. The zero-order chi connectivity index (χ0) is 14.0. The van der Waals surface area contributed by atoms with E-state index in [2.05, 4.69) is 4.98 Å². The molecule has 1 N–H and O–H groups in total. The second-order valence-corrected chi connectivity index (χ2v) is 4.14. The zero-order valence-corrected chi connectivity index (χ0v) is 10.2. The van der Waals surface area contributed by atoms with E-state index < -0.39 is 11.7 Å². The van der Waals surface area contributed by atoms with Gasteiger partial charge >= 0.3 is 6.18 Å². The van der Waals surface area contributed by atoms with Crippen molar-refractivity contribution in [1.82, 2.24) is 4.98 Å². The first-order valence-corrected chi connectivity index (χ1v) is 5.74. The maximum atomic E-state index is 12.7. The molecule has 0 fully saturated rings. The number of halogens is 3. The van der Waals surface area contributed by atoms with Gasteiger partial charge in [0.25, 0.3) is 0 Å². The number of nitrogens with zero attached hydrogens (tertiary/aromatic N) is 1. The molecule has 0 saturated heterocycles. The van der Waals surface area contributed by atoms with Crippen molar-refractivity contribution in [3.8, 4) is 17.2 Å². The van der Waals surface area contributed by atoms with E-state index in [0.29, 0.717) is 23.2 Å². The van der Waals surface area contributed by atoms with Crippen LogP contribution in [0, 0.1) is 11.3 Å². The molecule has 0 bridgehead atoms. The smallest absolute Gasteiger partial charge is 0.353 e. The van der Waals surface area contributed by atoms with Crippen molar-refractivity contribution in [2.45, 2.75) is 19.5 Å². The molecule has 2 aromatic rings. The summed E-state index contributed by atoms with van der Waals surface area (Å²) in [6, 6.07) is 7.17. The van der Waals surface area contributed by atoms with Crippen molar-refractivity contribution in [3.05, 3.63) is 47.3 Å². The molecule has 1 heterocycles. The lowest BCUT2D eigenvalue weighted by Crippen LogP contribution is -2.05. The Morgan fingerprint density at radius 2 is 2.00 bits per heavy atom. The van der Waals surface area contributed by atoms with Gasteiger partial charge in [0.1, 0.15) is 11.8 Å². The molecule has 0 aliphatic rings. The Kier molecular flexibility index (Phi) is 3.34. The van der Waals surface area contributed by atoms with Gasteiger partial charge in [-0.15, -0.1) is 0 Å². The first-order chi connectivity index (χ1) is 8.95. The minimum Gasteiger partial charge on any atom is -0.353 e. The van der Waals surface area contributed by atoms with Gasteiger partial charge < -0.3 is 4.98 Å². The SMILES string of the molecule is CCc1ccc(C(F)(F)F)cc1-c1c[nH]c(C#N)c1. The fourth-order valence-electron chi connectivity index (χ4n) is 1.94. The number of aromatic amines is 1. The van der Waals surface area contributed by atoms with Crippen LogP contribution in [0.25, 0.3) is 11.1 Å². The standard InChI is InChI=1S/C14H11F3N2/c1-2-9-3-4-11(14(15,16)17)6-13(9)10-5-12(7-18)19-8-10/h3-6,8,19H,2H2,1H3. The van der Waals surface area contributed by atoms with Crippen LogP contribution in [0.3, 0.4) is 0 Å². The molecule has 0 aliphatic heterocycles. The quantitative estimate of drug-likeness (QED) is 0.870. The summed E-state index contributed by atoms with van der Waals surface area (Å²) in [7, 11) is 0. The number of rotatable bonds is 2. The summed E-state index contributed by atoms with van der Waals surface area (Å²) in [5.74, 6) is 0. The van der Waals surface area contributed by atoms with Crippen LogP contribution in [0.2, 0.25) is 0 Å². The van der Waals surface area contributed by atoms with Gasteiger partial charge in [-0.1, -0.05) is 13.0 Å². The van der Waals surface area contributed by atoms with Gasteiger partial charge in [-0.3, -0.25) is 0 Å². The van der Waals surface area contributed by atoms with Crippen molar-refractivity contribution >= 4 is 0 Å². The van der Waals surface area contributed by atoms with Crippen LogP contribution in [-0.4, -0.2) is 4.98 Å². The number of H-pyrrole nitrogens is 1. The molecule has 0 saturated carbocycles. The number of benzene rings is 1. The van der Waals surface area contributed by atoms with E-state index in [0.717, 1.165) is 17.7 Å². The van der Waals surface area contributed by atoms with E-state index in [4.69, 9.17) is 5.26 Å². The first kappa shape index (κ1) is 13.2. The van der Waals surface area contributed by atoms with Crippen LogP contribution in [0.1, 0.15) is 23.7 Å².